The van der Waals surface area contributed by atoms with E-state index >= 15 is 0 Å². The first-order valence-electron chi connectivity index (χ1n) is 9.22. The Morgan fingerprint density at radius 3 is 2.36 bits per heavy atom. The van der Waals surface area contributed by atoms with E-state index in [4.69, 9.17) is 9.84 Å². The van der Waals surface area contributed by atoms with Gasteiger partial charge in [-0.15, -0.1) is 0 Å². The number of ether oxygens (including phenoxy) is 1. The zero-order valence-electron chi connectivity index (χ0n) is 15.3. The summed E-state index contributed by atoms with van der Waals surface area (Å²) in [6.45, 7) is 5.67. The fourth-order valence-corrected chi connectivity index (χ4v) is 3.82. The van der Waals surface area contributed by atoms with Crippen molar-refractivity contribution in [2.24, 2.45) is 11.8 Å². The molecule has 2 aliphatic rings. The van der Waals surface area contributed by atoms with Crippen LogP contribution in [0.2, 0.25) is 0 Å². The molecule has 1 aromatic heterocycles. The Hall–Kier alpha value is -1.85. The van der Waals surface area contributed by atoms with Gasteiger partial charge in [0.05, 0.1) is 24.1 Å². The van der Waals surface area contributed by atoms with Crippen LogP contribution in [0.4, 0.5) is 0 Å². The molecule has 1 aromatic rings. The Labute approximate surface area is 148 Å². The van der Waals surface area contributed by atoms with E-state index < -0.39 is 11.6 Å². The van der Waals surface area contributed by atoms with Gasteiger partial charge in [0.1, 0.15) is 5.60 Å². The lowest BCUT2D eigenvalue weighted by molar-refractivity contribution is -0.164. The SMILES string of the molecule is CC(C)(C)OC(=O)C1CC(n2cc(C3CCC(C(=O)O)CC3)cn2)C1. The van der Waals surface area contributed by atoms with Crippen molar-refractivity contribution in [3.8, 4) is 0 Å². The van der Waals surface area contributed by atoms with Crippen molar-refractivity contribution in [3.63, 3.8) is 0 Å². The Bertz CT molecular complexity index is 632. The number of rotatable bonds is 4. The molecule has 2 aliphatic carbocycles. The Balaban J connectivity index is 1.50. The number of esters is 1. The molecule has 0 amide bonds. The van der Waals surface area contributed by atoms with Crippen molar-refractivity contribution < 1.29 is 19.4 Å². The second-order valence-electron chi connectivity index (χ2n) is 8.50. The predicted octanol–water partition coefficient (Wildman–Crippen LogP) is 3.53. The second-order valence-corrected chi connectivity index (χ2v) is 8.50. The molecule has 0 bridgehead atoms. The largest absolute Gasteiger partial charge is 0.481 e. The molecule has 0 spiro atoms. The van der Waals surface area contributed by atoms with E-state index in [1.54, 1.807) is 0 Å². The topological polar surface area (TPSA) is 81.4 Å². The van der Waals surface area contributed by atoms with E-state index in [0.717, 1.165) is 38.5 Å². The molecule has 6 heteroatoms. The number of carboxylic acids is 1. The third-order valence-corrected chi connectivity index (χ3v) is 5.40. The van der Waals surface area contributed by atoms with Crippen molar-refractivity contribution in [1.82, 2.24) is 9.78 Å². The third-order valence-electron chi connectivity index (χ3n) is 5.40. The van der Waals surface area contributed by atoms with Gasteiger partial charge >= 0.3 is 11.9 Å². The first kappa shape index (κ1) is 18.0. The Kier molecular flexibility index (Phi) is 4.89. The summed E-state index contributed by atoms with van der Waals surface area (Å²) in [4.78, 5) is 23.1. The van der Waals surface area contributed by atoms with Gasteiger partial charge in [-0.3, -0.25) is 14.3 Å². The first-order chi connectivity index (χ1) is 11.7. The number of aromatic nitrogens is 2. The summed E-state index contributed by atoms with van der Waals surface area (Å²) in [5.74, 6) is -0.582. The molecular weight excluding hydrogens is 320 g/mol. The third kappa shape index (κ3) is 4.22. The molecule has 25 heavy (non-hydrogen) atoms. The molecule has 1 N–H and O–H groups in total. The Morgan fingerprint density at radius 1 is 1.16 bits per heavy atom. The summed E-state index contributed by atoms with van der Waals surface area (Å²) in [5.41, 5.74) is 0.764. The van der Waals surface area contributed by atoms with Crippen LogP contribution in [0.25, 0.3) is 0 Å². The average Bonchev–Trinajstić information content (AvgIpc) is 2.93. The highest BCUT2D eigenvalue weighted by atomic mass is 16.6. The second kappa shape index (κ2) is 6.81. The van der Waals surface area contributed by atoms with Crippen molar-refractivity contribution >= 4 is 11.9 Å². The van der Waals surface area contributed by atoms with Crippen LogP contribution in [-0.4, -0.2) is 32.4 Å². The fourth-order valence-electron chi connectivity index (χ4n) is 3.82. The smallest absolute Gasteiger partial charge is 0.309 e. The van der Waals surface area contributed by atoms with E-state index in [0.29, 0.717) is 5.92 Å². The monoisotopic (exact) mass is 348 g/mol. The predicted molar refractivity (Wildman–Crippen MR) is 92.2 cm³/mol. The molecule has 0 radical (unpaired) electrons. The molecular formula is C19H28N2O4. The number of hydrogen-bond acceptors (Lipinski definition) is 4. The van der Waals surface area contributed by atoms with Gasteiger partial charge in [-0.2, -0.15) is 5.10 Å². The summed E-state index contributed by atoms with van der Waals surface area (Å²) in [6, 6.07) is 0.265. The van der Waals surface area contributed by atoms with Crippen LogP contribution in [0.15, 0.2) is 12.4 Å². The van der Waals surface area contributed by atoms with Crippen molar-refractivity contribution in [3.05, 3.63) is 18.0 Å². The highest BCUT2D eigenvalue weighted by Gasteiger charge is 2.39. The lowest BCUT2D eigenvalue weighted by atomic mass is 9.79. The van der Waals surface area contributed by atoms with Gasteiger partial charge in [0.2, 0.25) is 0 Å². The minimum absolute atomic E-state index is 0.0251. The van der Waals surface area contributed by atoms with Crippen LogP contribution in [0.3, 0.4) is 0 Å². The van der Waals surface area contributed by atoms with Crippen LogP contribution >= 0.6 is 0 Å². The molecule has 2 fully saturated rings. The van der Waals surface area contributed by atoms with Gasteiger partial charge in [-0.25, -0.2) is 0 Å². The lowest BCUT2D eigenvalue weighted by Crippen LogP contribution is -2.37. The average molecular weight is 348 g/mol. The summed E-state index contributed by atoms with van der Waals surface area (Å²) >= 11 is 0. The van der Waals surface area contributed by atoms with Crippen molar-refractivity contribution in [2.45, 2.75) is 76.9 Å². The van der Waals surface area contributed by atoms with E-state index in [1.807, 2.05) is 31.6 Å². The van der Waals surface area contributed by atoms with Crippen LogP contribution in [-0.2, 0) is 14.3 Å². The number of carbonyl (C=O) groups excluding carboxylic acids is 1. The standard InChI is InChI=1S/C19H28N2O4/c1-19(2,3)25-18(24)14-8-16(9-14)21-11-15(10-20-21)12-4-6-13(7-5-12)17(22)23/h10-14,16H,4-9H2,1-3H3,(H,22,23). The van der Waals surface area contributed by atoms with Crippen LogP contribution < -0.4 is 0 Å². The Morgan fingerprint density at radius 2 is 1.80 bits per heavy atom. The highest BCUT2D eigenvalue weighted by molar-refractivity contribution is 5.74. The summed E-state index contributed by atoms with van der Waals surface area (Å²) < 4.78 is 7.41. The van der Waals surface area contributed by atoms with Crippen LogP contribution in [0.5, 0.6) is 0 Å². The minimum Gasteiger partial charge on any atom is -0.481 e. The maximum atomic E-state index is 12.1. The fraction of sp³-hybridized carbons (Fsp3) is 0.737. The quantitative estimate of drug-likeness (QED) is 0.842. The zero-order chi connectivity index (χ0) is 18.2. The molecule has 1 heterocycles. The van der Waals surface area contributed by atoms with E-state index in [-0.39, 0.29) is 23.8 Å². The molecule has 0 saturated heterocycles. The number of aliphatic carboxylic acids is 1. The van der Waals surface area contributed by atoms with Crippen LogP contribution in [0.1, 0.15) is 76.8 Å². The summed E-state index contributed by atoms with van der Waals surface area (Å²) in [7, 11) is 0. The van der Waals surface area contributed by atoms with Crippen LogP contribution in [0, 0.1) is 11.8 Å². The van der Waals surface area contributed by atoms with Gasteiger partial charge in [0.15, 0.2) is 0 Å². The van der Waals surface area contributed by atoms with Gasteiger partial charge in [-0.1, -0.05) is 0 Å². The molecule has 0 aromatic carbocycles. The van der Waals surface area contributed by atoms with Gasteiger partial charge in [0, 0.05) is 6.20 Å². The molecule has 0 atom stereocenters. The molecule has 0 unspecified atom stereocenters. The molecule has 2 saturated carbocycles. The lowest BCUT2D eigenvalue weighted by Gasteiger charge is -2.35. The molecule has 3 rings (SSSR count). The number of hydrogen-bond donors (Lipinski definition) is 1. The van der Waals surface area contributed by atoms with Gasteiger partial charge in [0.25, 0.3) is 0 Å². The van der Waals surface area contributed by atoms with E-state index in [1.165, 1.54) is 5.56 Å². The maximum Gasteiger partial charge on any atom is 0.309 e. The number of carbonyl (C=O) groups is 2. The van der Waals surface area contributed by atoms with E-state index in [9.17, 15) is 9.59 Å². The van der Waals surface area contributed by atoms with E-state index in [2.05, 4.69) is 11.3 Å². The van der Waals surface area contributed by atoms with Crippen molar-refractivity contribution in [2.75, 3.05) is 0 Å². The normalized spacial score (nSPS) is 29.7. The highest BCUT2D eigenvalue weighted by Crippen LogP contribution is 2.40. The number of carboxylic acid groups (broad SMARTS) is 1. The molecule has 6 nitrogen and oxygen atoms in total. The number of nitrogens with zero attached hydrogens (tertiary/aromatic N) is 2. The minimum atomic E-state index is -0.670. The summed E-state index contributed by atoms with van der Waals surface area (Å²) in [6.07, 6.45) is 8.87. The van der Waals surface area contributed by atoms with Gasteiger partial charge < -0.3 is 9.84 Å². The summed E-state index contributed by atoms with van der Waals surface area (Å²) in [5, 5.41) is 13.6. The zero-order valence-corrected chi connectivity index (χ0v) is 15.3. The molecule has 138 valence electrons. The first-order valence-corrected chi connectivity index (χ1v) is 9.22. The van der Waals surface area contributed by atoms with Crippen molar-refractivity contribution in [1.29, 1.82) is 0 Å². The maximum absolute atomic E-state index is 12.1. The molecule has 0 aliphatic heterocycles. The van der Waals surface area contributed by atoms with Gasteiger partial charge in [-0.05, 0) is 70.8 Å².